The molecule has 1 unspecified atom stereocenters. The first-order valence-corrected chi connectivity index (χ1v) is 5.56. The molecule has 0 aliphatic heterocycles. The van der Waals surface area contributed by atoms with Gasteiger partial charge >= 0.3 is 5.97 Å². The lowest BCUT2D eigenvalue weighted by Crippen LogP contribution is -2.50. The van der Waals surface area contributed by atoms with E-state index in [9.17, 15) is 14.4 Å². The number of amides is 2. The van der Waals surface area contributed by atoms with E-state index >= 15 is 0 Å². The highest BCUT2D eigenvalue weighted by Gasteiger charge is 2.23. The molecule has 17 heavy (non-hydrogen) atoms. The quantitative estimate of drug-likeness (QED) is 0.635. The molecule has 0 aromatic heterocycles. The fourth-order valence-electron chi connectivity index (χ4n) is 1.15. The molecule has 98 valence electrons. The summed E-state index contributed by atoms with van der Waals surface area (Å²) < 4.78 is 4.40. The third-order valence-electron chi connectivity index (χ3n) is 2.22. The lowest BCUT2D eigenvalue weighted by Gasteiger charge is -2.21. The average Bonchev–Trinajstić information content (AvgIpc) is 2.31. The maximum Gasteiger partial charge on any atom is 0.325 e. The molecule has 1 atom stereocenters. The lowest BCUT2D eigenvalue weighted by molar-refractivity contribution is -0.141. The van der Waals surface area contributed by atoms with Gasteiger partial charge in [0.1, 0.15) is 12.6 Å². The minimum absolute atomic E-state index is 0.0526. The number of carbonyl (C=O) groups excluding carboxylic acids is 3. The molecule has 0 radical (unpaired) electrons. The highest BCUT2D eigenvalue weighted by molar-refractivity contribution is 5.89. The second kappa shape index (κ2) is 7.65. The van der Waals surface area contributed by atoms with Gasteiger partial charge in [-0.2, -0.15) is 0 Å². The molecule has 0 aromatic carbocycles. The monoisotopic (exact) mass is 244 g/mol. The van der Waals surface area contributed by atoms with Gasteiger partial charge in [-0.15, -0.1) is 0 Å². The van der Waals surface area contributed by atoms with Gasteiger partial charge in [-0.05, 0) is 5.92 Å². The van der Waals surface area contributed by atoms with Gasteiger partial charge in [-0.3, -0.25) is 14.4 Å². The zero-order chi connectivity index (χ0) is 13.4. The van der Waals surface area contributed by atoms with Crippen molar-refractivity contribution in [1.82, 2.24) is 10.6 Å². The average molecular weight is 244 g/mol. The molecule has 2 N–H and O–H groups in total. The van der Waals surface area contributed by atoms with Gasteiger partial charge in [-0.25, -0.2) is 0 Å². The van der Waals surface area contributed by atoms with E-state index in [2.05, 4.69) is 15.4 Å². The third-order valence-corrected chi connectivity index (χ3v) is 2.22. The molecule has 0 heterocycles. The van der Waals surface area contributed by atoms with Crippen LogP contribution in [0.15, 0.2) is 0 Å². The van der Waals surface area contributed by atoms with E-state index in [1.54, 1.807) is 6.92 Å². The Hall–Kier alpha value is -1.59. The topological polar surface area (TPSA) is 84.5 Å². The van der Waals surface area contributed by atoms with Gasteiger partial charge in [0.15, 0.2) is 0 Å². The fourth-order valence-corrected chi connectivity index (χ4v) is 1.15. The Bertz CT molecular complexity index is 289. The predicted molar refractivity (Wildman–Crippen MR) is 62.1 cm³/mol. The standard InChI is InChI=1S/C11H20N2O4/c1-5-8(14)13-10(7(2)3)11(16)12-6-9(15)17-4/h7,10H,5-6H2,1-4H3,(H,12,16)(H,13,14). The Balaban J connectivity index is 4.35. The van der Waals surface area contributed by atoms with E-state index in [0.717, 1.165) is 0 Å². The van der Waals surface area contributed by atoms with Crippen molar-refractivity contribution >= 4 is 17.8 Å². The van der Waals surface area contributed by atoms with Crippen molar-refractivity contribution in [2.45, 2.75) is 33.2 Å². The summed E-state index contributed by atoms with van der Waals surface area (Å²) in [5, 5.41) is 5.02. The van der Waals surface area contributed by atoms with Crippen molar-refractivity contribution < 1.29 is 19.1 Å². The van der Waals surface area contributed by atoms with Crippen LogP contribution in [0, 0.1) is 5.92 Å². The largest absolute Gasteiger partial charge is 0.468 e. The molecule has 0 aromatic rings. The molecule has 0 fully saturated rings. The molecule has 6 nitrogen and oxygen atoms in total. The molecule has 0 rings (SSSR count). The molecular formula is C11H20N2O4. The van der Waals surface area contributed by atoms with E-state index in [1.165, 1.54) is 7.11 Å². The van der Waals surface area contributed by atoms with Crippen LogP contribution < -0.4 is 10.6 Å². The summed E-state index contributed by atoms with van der Waals surface area (Å²) in [4.78, 5) is 33.8. The van der Waals surface area contributed by atoms with E-state index < -0.39 is 12.0 Å². The number of hydrogen-bond acceptors (Lipinski definition) is 4. The van der Waals surface area contributed by atoms with E-state index in [1.807, 2.05) is 13.8 Å². The van der Waals surface area contributed by atoms with Crippen LogP contribution in [-0.4, -0.2) is 37.5 Å². The van der Waals surface area contributed by atoms with Crippen LogP contribution in [0.4, 0.5) is 0 Å². The fraction of sp³-hybridized carbons (Fsp3) is 0.727. The second-order valence-corrected chi connectivity index (χ2v) is 3.94. The number of hydrogen-bond donors (Lipinski definition) is 2. The SMILES string of the molecule is CCC(=O)NC(C(=O)NCC(=O)OC)C(C)C. The van der Waals surface area contributed by atoms with Crippen LogP contribution in [0.3, 0.4) is 0 Å². The minimum atomic E-state index is -0.632. The first-order chi connectivity index (χ1) is 7.92. The molecule has 2 amide bonds. The van der Waals surface area contributed by atoms with Gasteiger partial charge in [0.05, 0.1) is 7.11 Å². The van der Waals surface area contributed by atoms with Gasteiger partial charge in [0.2, 0.25) is 11.8 Å². The Kier molecular flexibility index (Phi) is 6.93. The van der Waals surface area contributed by atoms with E-state index in [0.29, 0.717) is 6.42 Å². The first-order valence-electron chi connectivity index (χ1n) is 5.56. The summed E-state index contributed by atoms with van der Waals surface area (Å²) in [6.45, 7) is 5.15. The molecule has 0 aliphatic rings. The highest BCUT2D eigenvalue weighted by Crippen LogP contribution is 2.02. The molecule has 0 aliphatic carbocycles. The summed E-state index contributed by atoms with van der Waals surface area (Å²) in [5.41, 5.74) is 0. The molecule has 0 saturated heterocycles. The third kappa shape index (κ3) is 5.89. The van der Waals surface area contributed by atoms with Crippen molar-refractivity contribution in [3.05, 3.63) is 0 Å². The van der Waals surface area contributed by atoms with Gasteiger partial charge in [-0.1, -0.05) is 20.8 Å². The highest BCUT2D eigenvalue weighted by atomic mass is 16.5. The van der Waals surface area contributed by atoms with Crippen molar-refractivity contribution in [2.24, 2.45) is 5.92 Å². The number of nitrogens with one attached hydrogen (secondary N) is 2. The lowest BCUT2D eigenvalue weighted by atomic mass is 10.0. The van der Waals surface area contributed by atoms with Crippen molar-refractivity contribution in [3.8, 4) is 0 Å². The summed E-state index contributed by atoms with van der Waals surface area (Å²) >= 11 is 0. The second-order valence-electron chi connectivity index (χ2n) is 3.94. The predicted octanol–water partition coefficient (Wildman–Crippen LogP) is -0.174. The summed E-state index contributed by atoms with van der Waals surface area (Å²) in [6.07, 6.45) is 0.313. The van der Waals surface area contributed by atoms with Gasteiger partial charge in [0, 0.05) is 6.42 Å². The number of esters is 1. The smallest absolute Gasteiger partial charge is 0.325 e. The molecule has 0 saturated carbocycles. The van der Waals surface area contributed by atoms with Crippen LogP contribution in [0.1, 0.15) is 27.2 Å². The van der Waals surface area contributed by atoms with Crippen LogP contribution in [0.5, 0.6) is 0 Å². The zero-order valence-corrected chi connectivity index (χ0v) is 10.7. The first kappa shape index (κ1) is 15.4. The zero-order valence-electron chi connectivity index (χ0n) is 10.7. The van der Waals surface area contributed by atoms with Gasteiger partial charge in [0.25, 0.3) is 0 Å². The molecule has 6 heteroatoms. The molecule has 0 bridgehead atoms. The maximum absolute atomic E-state index is 11.7. The number of ether oxygens (including phenoxy) is 1. The number of rotatable bonds is 6. The van der Waals surface area contributed by atoms with Crippen LogP contribution >= 0.6 is 0 Å². The van der Waals surface area contributed by atoms with Crippen molar-refractivity contribution in [2.75, 3.05) is 13.7 Å². The van der Waals surface area contributed by atoms with Gasteiger partial charge < -0.3 is 15.4 Å². The Morgan fingerprint density at radius 2 is 1.82 bits per heavy atom. The Morgan fingerprint density at radius 1 is 1.24 bits per heavy atom. The summed E-state index contributed by atoms with van der Waals surface area (Å²) in [7, 11) is 1.24. The number of methoxy groups -OCH3 is 1. The van der Waals surface area contributed by atoms with Crippen molar-refractivity contribution in [1.29, 1.82) is 0 Å². The Morgan fingerprint density at radius 3 is 2.24 bits per heavy atom. The van der Waals surface area contributed by atoms with E-state index in [-0.39, 0.29) is 24.3 Å². The summed E-state index contributed by atoms with van der Waals surface area (Å²) in [5.74, 6) is -1.16. The van der Waals surface area contributed by atoms with Crippen molar-refractivity contribution in [3.63, 3.8) is 0 Å². The van der Waals surface area contributed by atoms with Crippen LogP contribution in [-0.2, 0) is 19.1 Å². The normalized spacial score (nSPS) is 11.8. The Labute approximate surface area is 101 Å². The number of carbonyl (C=O) groups is 3. The minimum Gasteiger partial charge on any atom is -0.468 e. The van der Waals surface area contributed by atoms with Crippen LogP contribution in [0.25, 0.3) is 0 Å². The maximum atomic E-state index is 11.7. The summed E-state index contributed by atoms with van der Waals surface area (Å²) in [6, 6.07) is -0.632. The van der Waals surface area contributed by atoms with E-state index in [4.69, 9.17) is 0 Å². The van der Waals surface area contributed by atoms with Crippen LogP contribution in [0.2, 0.25) is 0 Å². The molecular weight excluding hydrogens is 224 g/mol. The molecule has 0 spiro atoms.